The number of tetrazole rings is 1. The fraction of sp³-hybridized carbons (Fsp3) is 0.190. The predicted molar refractivity (Wildman–Crippen MR) is 116 cm³/mol. The van der Waals surface area contributed by atoms with Crippen LogP contribution in [0.15, 0.2) is 48.8 Å². The number of imidazole rings is 1. The largest absolute Gasteiger partial charge is 0.465 e. The Labute approximate surface area is 182 Å². The second kappa shape index (κ2) is 7.84. The minimum atomic E-state index is 0.537. The third-order valence-electron chi connectivity index (χ3n) is 5.00. The van der Waals surface area contributed by atoms with Crippen molar-refractivity contribution in [3.05, 3.63) is 64.9 Å². The van der Waals surface area contributed by atoms with Crippen LogP contribution in [0.25, 0.3) is 28.4 Å². The van der Waals surface area contributed by atoms with Crippen molar-refractivity contribution in [1.82, 2.24) is 39.7 Å². The average molecular weight is 435 g/mol. The van der Waals surface area contributed by atoms with Crippen LogP contribution >= 0.6 is 11.6 Å². The van der Waals surface area contributed by atoms with E-state index in [0.29, 0.717) is 30.0 Å². The first-order valence-electron chi connectivity index (χ1n) is 9.80. The third-order valence-corrected chi connectivity index (χ3v) is 5.21. The van der Waals surface area contributed by atoms with Crippen molar-refractivity contribution in [3.63, 3.8) is 0 Å². The van der Waals surface area contributed by atoms with E-state index < -0.39 is 0 Å². The molecule has 4 heterocycles. The first-order chi connectivity index (χ1) is 15.1. The molecule has 1 N–H and O–H groups in total. The van der Waals surface area contributed by atoms with Gasteiger partial charge in [-0.15, -0.1) is 5.10 Å². The van der Waals surface area contributed by atoms with Crippen molar-refractivity contribution in [2.24, 2.45) is 0 Å². The van der Waals surface area contributed by atoms with Crippen LogP contribution in [0.4, 0.5) is 0 Å². The number of aromatic amines is 1. The summed E-state index contributed by atoms with van der Waals surface area (Å²) < 4.78 is 9.71. The Bertz CT molecular complexity index is 1340. The highest BCUT2D eigenvalue weighted by Crippen LogP contribution is 2.27. The molecule has 9 nitrogen and oxygen atoms in total. The second-order valence-electron chi connectivity index (χ2n) is 7.04. The molecule has 0 saturated carbocycles. The van der Waals surface area contributed by atoms with E-state index in [1.807, 2.05) is 53.4 Å². The zero-order chi connectivity index (χ0) is 21.4. The van der Waals surface area contributed by atoms with Gasteiger partial charge >= 0.3 is 0 Å². The number of ether oxygens (including phenoxy) is 1. The number of aromatic nitrogens is 8. The van der Waals surface area contributed by atoms with Crippen molar-refractivity contribution in [1.29, 1.82) is 0 Å². The molecule has 5 rings (SSSR count). The van der Waals surface area contributed by atoms with Crippen molar-refractivity contribution < 1.29 is 4.74 Å². The van der Waals surface area contributed by atoms with Gasteiger partial charge in [-0.3, -0.25) is 4.57 Å². The normalized spacial score (nSPS) is 11.3. The lowest BCUT2D eigenvalue weighted by molar-refractivity contribution is 0.301. The lowest BCUT2D eigenvalue weighted by atomic mass is 10.2. The molecule has 0 aliphatic carbocycles. The Balaban J connectivity index is 1.49. The Kier molecular flexibility index (Phi) is 4.87. The van der Waals surface area contributed by atoms with Gasteiger partial charge in [0.15, 0.2) is 11.5 Å². The summed E-state index contributed by atoms with van der Waals surface area (Å²) in [7, 11) is 0. The summed E-state index contributed by atoms with van der Waals surface area (Å²) in [5.41, 5.74) is 5.55. The molecule has 4 aromatic heterocycles. The molecular weight excluding hydrogens is 416 g/mol. The predicted octanol–water partition coefficient (Wildman–Crippen LogP) is 3.81. The fourth-order valence-electron chi connectivity index (χ4n) is 3.54. The molecule has 0 unspecified atom stereocenters. The Hall–Kier alpha value is -3.72. The van der Waals surface area contributed by atoms with Crippen LogP contribution < -0.4 is 4.74 Å². The molecule has 0 radical (unpaired) electrons. The lowest BCUT2D eigenvalue weighted by Gasteiger charge is -2.11. The molecule has 0 aliphatic rings. The zero-order valence-corrected chi connectivity index (χ0v) is 17.7. The molecule has 0 atom stereocenters. The van der Waals surface area contributed by atoms with Crippen LogP contribution in [0.2, 0.25) is 5.02 Å². The number of hydrogen-bond acceptors (Lipinski definition) is 6. The number of nitrogens with one attached hydrogen (secondary N) is 1. The molecular formula is C21H19ClN8O. The Morgan fingerprint density at radius 3 is 2.74 bits per heavy atom. The first kappa shape index (κ1) is 19.3. The average Bonchev–Trinajstić information content (AvgIpc) is 3.50. The van der Waals surface area contributed by atoms with Crippen molar-refractivity contribution in [3.8, 4) is 23.2 Å². The summed E-state index contributed by atoms with van der Waals surface area (Å²) in [6.07, 6.45) is 3.63. The van der Waals surface area contributed by atoms with E-state index in [4.69, 9.17) is 16.3 Å². The van der Waals surface area contributed by atoms with E-state index in [1.54, 1.807) is 6.20 Å². The molecule has 0 fully saturated rings. The van der Waals surface area contributed by atoms with Crippen LogP contribution in [-0.2, 0) is 6.54 Å². The van der Waals surface area contributed by atoms with E-state index in [9.17, 15) is 0 Å². The number of halogens is 1. The van der Waals surface area contributed by atoms with E-state index in [-0.39, 0.29) is 0 Å². The van der Waals surface area contributed by atoms with Gasteiger partial charge in [0.2, 0.25) is 0 Å². The number of nitrogens with zero attached hydrogens (tertiary/aromatic N) is 7. The van der Waals surface area contributed by atoms with Gasteiger partial charge in [0, 0.05) is 18.1 Å². The molecule has 1 aromatic carbocycles. The fourth-order valence-corrected chi connectivity index (χ4v) is 3.74. The van der Waals surface area contributed by atoms with Gasteiger partial charge in [-0.2, -0.15) is 4.98 Å². The molecule has 0 amide bonds. The maximum atomic E-state index is 6.24. The van der Waals surface area contributed by atoms with Gasteiger partial charge in [-0.05, 0) is 59.7 Å². The van der Waals surface area contributed by atoms with Crippen molar-refractivity contribution >= 4 is 22.8 Å². The van der Waals surface area contributed by atoms with Crippen LogP contribution in [-0.4, -0.2) is 46.3 Å². The minimum Gasteiger partial charge on any atom is -0.465 e. The van der Waals surface area contributed by atoms with Gasteiger partial charge in [0.1, 0.15) is 5.52 Å². The highest BCUT2D eigenvalue weighted by atomic mass is 35.5. The SMILES string of the molecule is CCOc1nc2c(C)ccnc2n1Cc1ccc(-n2cc(Cl)cc2-c2nnn[nH]2)cc1. The summed E-state index contributed by atoms with van der Waals surface area (Å²) in [5.74, 6) is 0.545. The molecule has 5 aromatic rings. The van der Waals surface area contributed by atoms with Crippen LogP contribution in [0, 0.1) is 6.92 Å². The van der Waals surface area contributed by atoms with Crippen LogP contribution in [0.1, 0.15) is 18.1 Å². The molecule has 31 heavy (non-hydrogen) atoms. The molecule has 0 aliphatic heterocycles. The number of benzene rings is 1. The van der Waals surface area contributed by atoms with Crippen molar-refractivity contribution in [2.75, 3.05) is 6.61 Å². The Morgan fingerprint density at radius 1 is 1.16 bits per heavy atom. The molecule has 0 spiro atoms. The second-order valence-corrected chi connectivity index (χ2v) is 7.48. The first-order valence-corrected chi connectivity index (χ1v) is 10.2. The molecule has 0 saturated heterocycles. The van der Waals surface area contributed by atoms with Crippen LogP contribution in [0.5, 0.6) is 6.01 Å². The van der Waals surface area contributed by atoms with Gasteiger partial charge < -0.3 is 9.30 Å². The van der Waals surface area contributed by atoms with E-state index in [2.05, 4.69) is 42.7 Å². The third kappa shape index (κ3) is 3.53. The van der Waals surface area contributed by atoms with Gasteiger partial charge in [-0.1, -0.05) is 23.7 Å². The Morgan fingerprint density at radius 2 is 2.00 bits per heavy atom. The quantitative estimate of drug-likeness (QED) is 0.436. The van der Waals surface area contributed by atoms with Crippen molar-refractivity contribution in [2.45, 2.75) is 20.4 Å². The summed E-state index contributed by atoms with van der Waals surface area (Å²) in [4.78, 5) is 9.17. The monoisotopic (exact) mass is 434 g/mol. The van der Waals surface area contributed by atoms with E-state index in [0.717, 1.165) is 33.7 Å². The zero-order valence-electron chi connectivity index (χ0n) is 16.9. The molecule has 156 valence electrons. The summed E-state index contributed by atoms with van der Waals surface area (Å²) in [5, 5.41) is 14.7. The number of hydrogen-bond donors (Lipinski definition) is 1. The number of pyridine rings is 1. The lowest BCUT2D eigenvalue weighted by Crippen LogP contribution is -2.06. The number of fused-ring (bicyclic) bond motifs is 1. The summed E-state index contributed by atoms with van der Waals surface area (Å²) >= 11 is 6.24. The number of aryl methyl sites for hydroxylation is 1. The number of H-pyrrole nitrogens is 1. The van der Waals surface area contributed by atoms with Gasteiger partial charge in [0.25, 0.3) is 6.01 Å². The maximum Gasteiger partial charge on any atom is 0.298 e. The number of rotatable bonds is 6. The maximum absolute atomic E-state index is 6.24. The van der Waals surface area contributed by atoms with E-state index >= 15 is 0 Å². The van der Waals surface area contributed by atoms with Gasteiger partial charge in [0.05, 0.1) is 23.9 Å². The smallest absolute Gasteiger partial charge is 0.298 e. The molecule has 10 heteroatoms. The van der Waals surface area contributed by atoms with Crippen LogP contribution in [0.3, 0.4) is 0 Å². The standard InChI is InChI=1S/C21H19ClN8O/c1-3-31-21-24-18-13(2)8-9-23-20(18)30(21)11-14-4-6-16(7-5-14)29-12-15(22)10-17(29)19-25-27-28-26-19/h4-10,12H,3,11H2,1-2H3,(H,25,26,27,28). The highest BCUT2D eigenvalue weighted by molar-refractivity contribution is 6.30. The topological polar surface area (TPSA) is 99.3 Å². The minimum absolute atomic E-state index is 0.537. The molecule has 0 bridgehead atoms. The highest BCUT2D eigenvalue weighted by Gasteiger charge is 2.16. The summed E-state index contributed by atoms with van der Waals surface area (Å²) in [6, 6.07) is 12.5. The van der Waals surface area contributed by atoms with E-state index in [1.165, 1.54) is 0 Å². The summed E-state index contributed by atoms with van der Waals surface area (Å²) in [6.45, 7) is 5.10. The van der Waals surface area contributed by atoms with Gasteiger partial charge in [-0.25, -0.2) is 10.1 Å².